The number of hydrogen-bond acceptors (Lipinski definition) is 6. The molecule has 30 heavy (non-hydrogen) atoms. The van der Waals surface area contributed by atoms with Gasteiger partial charge in [0.15, 0.2) is 11.9 Å². The van der Waals surface area contributed by atoms with Crippen LogP contribution in [0.2, 0.25) is 0 Å². The summed E-state index contributed by atoms with van der Waals surface area (Å²) in [5, 5.41) is 0. The van der Waals surface area contributed by atoms with Gasteiger partial charge in [0.25, 0.3) is 0 Å². The van der Waals surface area contributed by atoms with Crippen LogP contribution in [0.3, 0.4) is 0 Å². The molecular formula is C24H40O6. The highest BCUT2D eigenvalue weighted by atomic mass is 17.3. The first-order chi connectivity index (χ1) is 14.2. The van der Waals surface area contributed by atoms with Gasteiger partial charge in [0.05, 0.1) is 5.92 Å². The Morgan fingerprint density at radius 1 is 1.07 bits per heavy atom. The zero-order valence-corrected chi connectivity index (χ0v) is 19.6. The van der Waals surface area contributed by atoms with E-state index in [1.54, 1.807) is 0 Å². The summed E-state index contributed by atoms with van der Waals surface area (Å²) in [6.45, 7) is 12.9. The van der Waals surface area contributed by atoms with Crippen LogP contribution in [0.1, 0.15) is 92.9 Å². The van der Waals surface area contributed by atoms with Gasteiger partial charge in [0, 0.05) is 23.7 Å². The van der Waals surface area contributed by atoms with E-state index in [0.29, 0.717) is 5.92 Å². The van der Waals surface area contributed by atoms with Crippen LogP contribution >= 0.6 is 0 Å². The molecule has 8 unspecified atom stereocenters. The molecular weight excluding hydrogens is 384 g/mol. The predicted molar refractivity (Wildman–Crippen MR) is 111 cm³/mol. The van der Waals surface area contributed by atoms with Crippen LogP contribution in [0.5, 0.6) is 0 Å². The van der Waals surface area contributed by atoms with E-state index in [-0.39, 0.29) is 29.1 Å². The third-order valence-electron chi connectivity index (χ3n) is 8.76. The maximum atomic E-state index is 13.0. The van der Waals surface area contributed by atoms with Crippen molar-refractivity contribution in [3.8, 4) is 0 Å². The highest BCUT2D eigenvalue weighted by Crippen LogP contribution is 2.66. The maximum Gasteiger partial charge on any atom is 0.311 e. The zero-order chi connectivity index (χ0) is 21.7. The molecule has 4 saturated heterocycles. The molecule has 2 bridgehead atoms. The van der Waals surface area contributed by atoms with Gasteiger partial charge in [0.1, 0.15) is 0 Å². The Balaban J connectivity index is 1.62. The molecule has 0 aromatic rings. The summed E-state index contributed by atoms with van der Waals surface area (Å²) in [5.74, 6) is -0.406. The number of fused-ring (bicyclic) bond motifs is 2. The first kappa shape index (κ1) is 22.5. The molecule has 0 aromatic carbocycles. The Morgan fingerprint density at radius 2 is 1.77 bits per heavy atom. The van der Waals surface area contributed by atoms with Gasteiger partial charge in [-0.2, -0.15) is 0 Å². The standard InChI is InChI=1S/C24H40O6/c1-7-9-17(10-8-2)19(25)26-20-16(4)18-12-11-15(3)22(5)13-14-23(6)28-21(27-20)24(18,22)30-29-23/h15-18,20-21H,7-14H2,1-6H3. The molecule has 6 heteroatoms. The van der Waals surface area contributed by atoms with Gasteiger partial charge in [-0.05, 0) is 44.9 Å². The Kier molecular flexibility index (Phi) is 6.02. The van der Waals surface area contributed by atoms with E-state index in [1.165, 1.54) is 0 Å². The van der Waals surface area contributed by atoms with E-state index < -0.39 is 24.0 Å². The van der Waals surface area contributed by atoms with Crippen LogP contribution in [0.25, 0.3) is 0 Å². The molecule has 0 amide bonds. The molecule has 5 rings (SSSR count). The largest absolute Gasteiger partial charge is 0.435 e. The third-order valence-corrected chi connectivity index (χ3v) is 8.76. The molecule has 4 aliphatic heterocycles. The smallest absolute Gasteiger partial charge is 0.311 e. The van der Waals surface area contributed by atoms with Gasteiger partial charge in [-0.25, -0.2) is 9.78 Å². The molecule has 6 nitrogen and oxygen atoms in total. The lowest BCUT2D eigenvalue weighted by molar-refractivity contribution is -0.582. The van der Waals surface area contributed by atoms with Gasteiger partial charge in [-0.3, -0.25) is 4.79 Å². The van der Waals surface area contributed by atoms with Gasteiger partial charge >= 0.3 is 5.97 Å². The number of carbonyl (C=O) groups excluding carboxylic acids is 1. The van der Waals surface area contributed by atoms with E-state index in [9.17, 15) is 4.79 Å². The van der Waals surface area contributed by atoms with Crippen molar-refractivity contribution in [2.45, 2.75) is 117 Å². The Morgan fingerprint density at radius 3 is 2.43 bits per heavy atom. The molecule has 4 heterocycles. The van der Waals surface area contributed by atoms with Crippen molar-refractivity contribution in [3.05, 3.63) is 0 Å². The second-order valence-electron chi connectivity index (χ2n) is 10.6. The fraction of sp³-hybridized carbons (Fsp3) is 0.958. The SMILES string of the molecule is CCCC(CCC)C(=O)OC1OC2OC3(C)CCC4(C)C(C)CCC(C1C)C24OO3. The molecule has 5 aliphatic rings. The highest BCUT2D eigenvalue weighted by molar-refractivity contribution is 5.72. The lowest BCUT2D eigenvalue weighted by atomic mass is 9.50. The van der Waals surface area contributed by atoms with Crippen LogP contribution in [0, 0.1) is 29.1 Å². The van der Waals surface area contributed by atoms with Gasteiger partial charge in [-0.1, -0.05) is 47.5 Å². The van der Waals surface area contributed by atoms with Crippen LogP contribution in [-0.2, 0) is 28.8 Å². The topological polar surface area (TPSA) is 63.2 Å². The zero-order valence-electron chi connectivity index (χ0n) is 19.6. The minimum Gasteiger partial charge on any atom is -0.435 e. The van der Waals surface area contributed by atoms with Crippen molar-refractivity contribution in [2.24, 2.45) is 29.1 Å². The molecule has 172 valence electrons. The second kappa shape index (κ2) is 8.02. The Bertz CT molecular complexity index is 648. The maximum absolute atomic E-state index is 13.0. The monoisotopic (exact) mass is 424 g/mol. The van der Waals surface area contributed by atoms with Crippen LogP contribution in [0.4, 0.5) is 0 Å². The van der Waals surface area contributed by atoms with E-state index in [4.69, 9.17) is 24.0 Å². The normalized spacial score (nSPS) is 47.6. The van der Waals surface area contributed by atoms with Crippen molar-refractivity contribution in [1.29, 1.82) is 0 Å². The van der Waals surface area contributed by atoms with Crippen molar-refractivity contribution < 1.29 is 28.8 Å². The van der Waals surface area contributed by atoms with Crippen molar-refractivity contribution >= 4 is 5.97 Å². The van der Waals surface area contributed by atoms with E-state index in [2.05, 4.69) is 34.6 Å². The fourth-order valence-corrected chi connectivity index (χ4v) is 6.57. The van der Waals surface area contributed by atoms with Gasteiger partial charge in [0.2, 0.25) is 12.1 Å². The lowest BCUT2D eigenvalue weighted by Gasteiger charge is -2.63. The molecule has 0 radical (unpaired) electrons. The molecule has 0 aromatic heterocycles. The molecule has 1 aliphatic carbocycles. The third kappa shape index (κ3) is 3.25. The average molecular weight is 425 g/mol. The first-order valence-corrected chi connectivity index (χ1v) is 12.1. The first-order valence-electron chi connectivity index (χ1n) is 12.1. The fourth-order valence-electron chi connectivity index (χ4n) is 6.57. The summed E-state index contributed by atoms with van der Waals surface area (Å²) in [6, 6.07) is 0. The van der Waals surface area contributed by atoms with Gasteiger partial charge < -0.3 is 14.2 Å². The number of carbonyl (C=O) groups is 1. The number of hydrogen-bond donors (Lipinski definition) is 0. The Hall–Kier alpha value is -0.690. The minimum atomic E-state index is -0.831. The van der Waals surface area contributed by atoms with E-state index >= 15 is 0 Å². The summed E-state index contributed by atoms with van der Waals surface area (Å²) in [6.07, 6.45) is 6.27. The summed E-state index contributed by atoms with van der Waals surface area (Å²) in [5.41, 5.74) is -0.791. The lowest BCUT2D eigenvalue weighted by Crippen LogP contribution is -2.73. The summed E-state index contributed by atoms with van der Waals surface area (Å²) in [4.78, 5) is 25.1. The summed E-state index contributed by atoms with van der Waals surface area (Å²) >= 11 is 0. The van der Waals surface area contributed by atoms with Crippen LogP contribution in [-0.4, -0.2) is 29.9 Å². The molecule has 5 fully saturated rings. The number of esters is 1. The molecule has 0 N–H and O–H groups in total. The van der Waals surface area contributed by atoms with E-state index in [0.717, 1.165) is 51.4 Å². The van der Waals surface area contributed by atoms with Crippen molar-refractivity contribution in [1.82, 2.24) is 0 Å². The number of ether oxygens (including phenoxy) is 3. The summed E-state index contributed by atoms with van der Waals surface area (Å²) < 4.78 is 18.8. The predicted octanol–water partition coefficient (Wildman–Crippen LogP) is 5.34. The van der Waals surface area contributed by atoms with Gasteiger partial charge in [-0.15, -0.1) is 0 Å². The number of rotatable bonds is 6. The minimum absolute atomic E-state index is 0.00980. The van der Waals surface area contributed by atoms with Crippen molar-refractivity contribution in [3.63, 3.8) is 0 Å². The van der Waals surface area contributed by atoms with E-state index in [1.807, 2.05) is 6.92 Å². The van der Waals surface area contributed by atoms with Crippen LogP contribution in [0.15, 0.2) is 0 Å². The quantitative estimate of drug-likeness (QED) is 0.423. The Labute approximate surface area is 181 Å². The summed E-state index contributed by atoms with van der Waals surface area (Å²) in [7, 11) is 0. The average Bonchev–Trinajstić information content (AvgIpc) is 2.89. The molecule has 8 atom stereocenters. The molecule has 1 spiro atoms. The molecule has 1 saturated carbocycles. The second-order valence-corrected chi connectivity index (χ2v) is 10.6. The van der Waals surface area contributed by atoms with Crippen molar-refractivity contribution in [2.75, 3.05) is 0 Å². The highest BCUT2D eigenvalue weighted by Gasteiger charge is 2.74. The van der Waals surface area contributed by atoms with Crippen LogP contribution < -0.4 is 0 Å².